The zero-order valence-corrected chi connectivity index (χ0v) is 16.6. The van der Waals surface area contributed by atoms with E-state index in [0.717, 1.165) is 6.42 Å². The van der Waals surface area contributed by atoms with E-state index in [1.54, 1.807) is 0 Å². The molecule has 1 heteroatoms. The Hall–Kier alpha value is -3.84. The minimum Gasteiger partial charge on any atom is -0.310 e. The van der Waals surface area contributed by atoms with Crippen molar-refractivity contribution >= 4 is 27.8 Å². The molecule has 0 radical (unpaired) electrons. The van der Waals surface area contributed by atoms with Crippen molar-refractivity contribution in [2.75, 3.05) is 4.90 Å². The van der Waals surface area contributed by atoms with Crippen LogP contribution in [-0.2, 0) is 6.42 Å². The quantitative estimate of drug-likeness (QED) is 0.300. The van der Waals surface area contributed by atoms with Gasteiger partial charge in [-0.3, -0.25) is 0 Å². The third kappa shape index (κ3) is 2.71. The fraction of sp³-hybridized carbons (Fsp3) is 0.0345. The minimum absolute atomic E-state index is 0.998. The average molecular weight is 383 g/mol. The van der Waals surface area contributed by atoms with Gasteiger partial charge in [0.2, 0.25) is 0 Å². The van der Waals surface area contributed by atoms with Crippen molar-refractivity contribution in [3.05, 3.63) is 126 Å². The number of benzene rings is 5. The lowest BCUT2D eigenvalue weighted by molar-refractivity contribution is 1.24. The summed E-state index contributed by atoms with van der Waals surface area (Å²) >= 11 is 0. The molecule has 1 aliphatic carbocycles. The van der Waals surface area contributed by atoms with Crippen molar-refractivity contribution in [1.82, 2.24) is 0 Å². The zero-order chi connectivity index (χ0) is 19.9. The maximum Gasteiger partial charge on any atom is 0.0540 e. The molecule has 0 unspecified atom stereocenters. The van der Waals surface area contributed by atoms with Crippen LogP contribution in [0.5, 0.6) is 0 Å². The molecule has 0 N–H and O–H groups in total. The van der Waals surface area contributed by atoms with Crippen LogP contribution in [0.25, 0.3) is 21.9 Å². The number of para-hydroxylation sites is 1. The molecule has 5 aromatic carbocycles. The van der Waals surface area contributed by atoms with Gasteiger partial charge in [-0.2, -0.15) is 0 Å². The van der Waals surface area contributed by atoms with Crippen molar-refractivity contribution in [2.45, 2.75) is 6.42 Å². The van der Waals surface area contributed by atoms with Gasteiger partial charge >= 0.3 is 0 Å². The maximum absolute atomic E-state index is 2.38. The summed E-state index contributed by atoms with van der Waals surface area (Å²) < 4.78 is 0. The lowest BCUT2D eigenvalue weighted by Gasteiger charge is -2.27. The Morgan fingerprint density at radius 1 is 0.500 bits per heavy atom. The highest BCUT2D eigenvalue weighted by atomic mass is 15.1. The Balaban J connectivity index is 1.56. The molecule has 1 nitrogen and oxygen atoms in total. The van der Waals surface area contributed by atoms with Crippen LogP contribution in [0.15, 0.2) is 115 Å². The Morgan fingerprint density at radius 2 is 1.23 bits per heavy atom. The van der Waals surface area contributed by atoms with Crippen LogP contribution in [0.3, 0.4) is 0 Å². The molecule has 0 heterocycles. The summed E-state index contributed by atoms with van der Waals surface area (Å²) in [5.74, 6) is 0. The molecular formula is C29H21N. The molecule has 0 saturated carbocycles. The topological polar surface area (TPSA) is 3.24 Å². The molecule has 0 spiro atoms. The number of hydrogen-bond donors (Lipinski definition) is 0. The highest BCUT2D eigenvalue weighted by Gasteiger charge is 2.21. The van der Waals surface area contributed by atoms with Gasteiger partial charge in [-0.05, 0) is 64.4 Å². The molecule has 0 aliphatic heterocycles. The van der Waals surface area contributed by atoms with Gasteiger partial charge in [-0.15, -0.1) is 0 Å². The monoisotopic (exact) mass is 383 g/mol. The second kappa shape index (κ2) is 6.89. The Labute approximate surface area is 176 Å². The van der Waals surface area contributed by atoms with Gasteiger partial charge in [0.1, 0.15) is 0 Å². The third-order valence-electron chi connectivity index (χ3n) is 6.06. The van der Waals surface area contributed by atoms with Gasteiger partial charge in [0.15, 0.2) is 0 Å². The lowest BCUT2D eigenvalue weighted by Crippen LogP contribution is -2.10. The first-order valence-electron chi connectivity index (χ1n) is 10.4. The molecular weight excluding hydrogens is 362 g/mol. The second-order valence-corrected chi connectivity index (χ2v) is 7.84. The maximum atomic E-state index is 2.38. The van der Waals surface area contributed by atoms with Crippen molar-refractivity contribution in [2.24, 2.45) is 0 Å². The van der Waals surface area contributed by atoms with Crippen LogP contribution in [-0.4, -0.2) is 0 Å². The highest BCUT2D eigenvalue weighted by molar-refractivity contribution is 5.99. The number of fused-ring (bicyclic) bond motifs is 4. The fourth-order valence-corrected chi connectivity index (χ4v) is 4.68. The van der Waals surface area contributed by atoms with Crippen LogP contribution >= 0.6 is 0 Å². The van der Waals surface area contributed by atoms with Crippen LogP contribution in [0.2, 0.25) is 0 Å². The summed E-state index contributed by atoms with van der Waals surface area (Å²) in [5, 5.41) is 2.51. The standard InChI is InChI=1S/C29H21N/c1-2-12-24(13-3-1)30(29-16-8-11-21-9-4-7-15-28(21)29)25-17-18-27-23(20-25)19-22-10-5-6-14-26(22)27/h1-18,20H,19H2. The zero-order valence-electron chi connectivity index (χ0n) is 16.6. The predicted molar refractivity (Wildman–Crippen MR) is 127 cm³/mol. The van der Waals surface area contributed by atoms with Crippen LogP contribution in [0.4, 0.5) is 17.1 Å². The van der Waals surface area contributed by atoms with E-state index in [1.807, 2.05) is 0 Å². The first-order valence-corrected chi connectivity index (χ1v) is 10.4. The lowest BCUT2D eigenvalue weighted by atomic mass is 10.0. The third-order valence-corrected chi connectivity index (χ3v) is 6.06. The molecule has 0 fully saturated rings. The number of anilines is 3. The smallest absolute Gasteiger partial charge is 0.0540 e. The molecule has 6 rings (SSSR count). The van der Waals surface area contributed by atoms with E-state index in [9.17, 15) is 0 Å². The highest BCUT2D eigenvalue weighted by Crippen LogP contribution is 2.43. The summed E-state index contributed by atoms with van der Waals surface area (Å²) in [5.41, 5.74) is 9.12. The molecule has 142 valence electrons. The van der Waals surface area contributed by atoms with Crippen molar-refractivity contribution in [3.8, 4) is 11.1 Å². The number of rotatable bonds is 3. The van der Waals surface area contributed by atoms with Crippen LogP contribution in [0.1, 0.15) is 11.1 Å². The van der Waals surface area contributed by atoms with E-state index in [2.05, 4.69) is 120 Å². The molecule has 0 aromatic heterocycles. The largest absolute Gasteiger partial charge is 0.310 e. The van der Waals surface area contributed by atoms with Gasteiger partial charge in [0.05, 0.1) is 5.69 Å². The van der Waals surface area contributed by atoms with Gasteiger partial charge in [0, 0.05) is 16.8 Å². The molecule has 0 saturated heterocycles. The number of nitrogens with zero attached hydrogens (tertiary/aromatic N) is 1. The van der Waals surface area contributed by atoms with E-state index >= 15 is 0 Å². The van der Waals surface area contributed by atoms with Crippen molar-refractivity contribution in [1.29, 1.82) is 0 Å². The van der Waals surface area contributed by atoms with E-state index in [-0.39, 0.29) is 0 Å². The molecule has 5 aromatic rings. The summed E-state index contributed by atoms with van der Waals surface area (Å²) in [7, 11) is 0. The first kappa shape index (κ1) is 17.1. The van der Waals surface area contributed by atoms with Crippen molar-refractivity contribution in [3.63, 3.8) is 0 Å². The predicted octanol–water partition coefficient (Wildman–Crippen LogP) is 7.88. The fourth-order valence-electron chi connectivity index (χ4n) is 4.68. The first-order chi connectivity index (χ1) is 14.9. The van der Waals surface area contributed by atoms with E-state index in [0.29, 0.717) is 0 Å². The SMILES string of the molecule is c1ccc(N(c2ccc3c(c2)Cc2ccccc2-3)c2cccc3ccccc23)cc1. The summed E-state index contributed by atoms with van der Waals surface area (Å²) in [6.45, 7) is 0. The summed E-state index contributed by atoms with van der Waals surface area (Å²) in [4.78, 5) is 2.38. The van der Waals surface area contributed by atoms with Gasteiger partial charge in [-0.25, -0.2) is 0 Å². The average Bonchev–Trinajstić information content (AvgIpc) is 3.18. The minimum atomic E-state index is 0.998. The summed E-state index contributed by atoms with van der Waals surface area (Å²) in [6.07, 6.45) is 0.998. The van der Waals surface area contributed by atoms with E-state index in [1.165, 1.54) is 50.1 Å². The molecule has 1 aliphatic rings. The number of hydrogen-bond acceptors (Lipinski definition) is 1. The van der Waals surface area contributed by atoms with Gasteiger partial charge in [0.25, 0.3) is 0 Å². The second-order valence-electron chi connectivity index (χ2n) is 7.84. The van der Waals surface area contributed by atoms with Crippen LogP contribution in [0, 0.1) is 0 Å². The van der Waals surface area contributed by atoms with Gasteiger partial charge in [-0.1, -0.05) is 84.9 Å². The molecule has 0 amide bonds. The van der Waals surface area contributed by atoms with E-state index < -0.39 is 0 Å². The Kier molecular flexibility index (Phi) is 3.92. The molecule has 0 bridgehead atoms. The Bertz CT molecular complexity index is 1360. The van der Waals surface area contributed by atoms with E-state index in [4.69, 9.17) is 0 Å². The normalized spacial score (nSPS) is 11.9. The van der Waals surface area contributed by atoms with Crippen LogP contribution < -0.4 is 4.90 Å². The Morgan fingerprint density at radius 3 is 2.17 bits per heavy atom. The van der Waals surface area contributed by atoms with Crippen molar-refractivity contribution < 1.29 is 0 Å². The molecule has 30 heavy (non-hydrogen) atoms. The molecule has 0 atom stereocenters. The van der Waals surface area contributed by atoms with Gasteiger partial charge < -0.3 is 4.90 Å². The summed E-state index contributed by atoms with van der Waals surface area (Å²) in [6, 6.07) is 41.5.